The molecular formula is C15H36N2O7Si2. The van der Waals surface area contributed by atoms with Crippen molar-refractivity contribution in [3.05, 3.63) is 0 Å². The first-order valence-corrected chi connectivity index (χ1v) is 12.4. The highest BCUT2D eigenvalue weighted by atomic mass is 28.4. The van der Waals surface area contributed by atoms with Crippen molar-refractivity contribution < 1.29 is 31.4 Å². The summed E-state index contributed by atoms with van der Waals surface area (Å²) in [7, 11) is 4.02. The van der Waals surface area contributed by atoms with Crippen LogP contribution in [0, 0.1) is 11.8 Å². The third kappa shape index (κ3) is 7.60. The topological polar surface area (TPSA) is 102 Å². The van der Waals surface area contributed by atoms with Gasteiger partial charge in [0.2, 0.25) is 0 Å². The number of hydrogen-bond donors (Lipinski definition) is 1. The Balaban J connectivity index is 4.91. The number of amides is 2. The largest absolute Gasteiger partial charge is 0.500 e. The number of hydrogen-bond acceptors (Lipinski definition) is 7. The van der Waals surface area contributed by atoms with Gasteiger partial charge >= 0.3 is 23.6 Å². The van der Waals surface area contributed by atoms with Crippen molar-refractivity contribution in [1.82, 2.24) is 4.90 Å². The number of carbonyl (C=O) groups excluding carboxylic acids is 1. The highest BCUT2D eigenvalue weighted by Crippen LogP contribution is 2.23. The molecule has 2 atom stereocenters. The minimum Gasteiger partial charge on any atom is -0.377 e. The van der Waals surface area contributed by atoms with Gasteiger partial charge in [0.15, 0.2) is 0 Å². The van der Waals surface area contributed by atoms with Gasteiger partial charge in [-0.3, -0.25) is 0 Å². The monoisotopic (exact) mass is 412 g/mol. The highest BCUT2D eigenvalue weighted by Gasteiger charge is 2.41. The molecule has 0 aromatic carbocycles. The molecule has 2 amide bonds. The zero-order chi connectivity index (χ0) is 20.4. The second-order valence-electron chi connectivity index (χ2n) is 6.45. The summed E-state index contributed by atoms with van der Waals surface area (Å²) >= 11 is 0. The van der Waals surface area contributed by atoms with E-state index < -0.39 is 23.6 Å². The standard InChI is InChI=1S/C15H36N2O7Si2/c1-13(11-25(19-3,20-4)21-5)9-17(15(16)18)10-14(2)12-26(22-6,23-7)24-8/h13-14H,9-12H2,1-8H3,(H2,16,18). The molecule has 0 aliphatic rings. The van der Waals surface area contributed by atoms with Crippen LogP contribution >= 0.6 is 0 Å². The van der Waals surface area contributed by atoms with Crippen LogP contribution in [0.1, 0.15) is 13.8 Å². The van der Waals surface area contributed by atoms with Crippen molar-refractivity contribution >= 4 is 23.6 Å². The maximum Gasteiger partial charge on any atom is 0.500 e. The van der Waals surface area contributed by atoms with Crippen LogP contribution in [0.4, 0.5) is 4.79 Å². The summed E-state index contributed by atoms with van der Waals surface area (Å²) in [4.78, 5) is 13.5. The lowest BCUT2D eigenvalue weighted by atomic mass is 10.1. The fourth-order valence-corrected chi connectivity index (χ4v) is 6.95. The van der Waals surface area contributed by atoms with Gasteiger partial charge in [-0.15, -0.1) is 0 Å². The Morgan fingerprint density at radius 1 is 0.769 bits per heavy atom. The zero-order valence-electron chi connectivity index (χ0n) is 17.4. The lowest BCUT2D eigenvalue weighted by molar-refractivity contribution is 0.112. The predicted octanol–water partition coefficient (Wildman–Crippen LogP) is 1.40. The van der Waals surface area contributed by atoms with E-state index in [0.717, 1.165) is 0 Å². The van der Waals surface area contributed by atoms with E-state index in [9.17, 15) is 4.79 Å². The number of rotatable bonds is 14. The van der Waals surface area contributed by atoms with E-state index in [4.69, 9.17) is 32.3 Å². The minimum atomic E-state index is -2.71. The van der Waals surface area contributed by atoms with Crippen LogP contribution in [-0.2, 0) is 26.6 Å². The minimum absolute atomic E-state index is 0.0931. The molecule has 0 fully saturated rings. The lowest BCUT2D eigenvalue weighted by Crippen LogP contribution is -2.49. The van der Waals surface area contributed by atoms with Crippen LogP contribution in [0.25, 0.3) is 0 Å². The molecule has 2 N–H and O–H groups in total. The van der Waals surface area contributed by atoms with Crippen molar-refractivity contribution in [2.45, 2.75) is 25.9 Å². The molecule has 0 aliphatic heterocycles. The van der Waals surface area contributed by atoms with E-state index in [-0.39, 0.29) is 11.8 Å². The van der Waals surface area contributed by atoms with Crippen LogP contribution in [-0.4, -0.2) is 84.3 Å². The quantitative estimate of drug-likeness (QED) is 0.430. The van der Waals surface area contributed by atoms with Crippen LogP contribution in [0.15, 0.2) is 0 Å². The SMILES string of the molecule is CO[Si](CC(C)CN(CC(C)C[Si](OC)(OC)OC)C(N)=O)(OC)OC. The fourth-order valence-electron chi connectivity index (χ4n) is 2.99. The van der Waals surface area contributed by atoms with Gasteiger partial charge in [-0.1, -0.05) is 13.8 Å². The van der Waals surface area contributed by atoms with Gasteiger partial charge in [-0.05, 0) is 11.8 Å². The van der Waals surface area contributed by atoms with E-state index >= 15 is 0 Å². The Morgan fingerprint density at radius 3 is 1.23 bits per heavy atom. The number of nitrogens with zero attached hydrogens (tertiary/aromatic N) is 1. The molecule has 0 aliphatic carbocycles. The summed E-state index contributed by atoms with van der Waals surface area (Å²) < 4.78 is 32.7. The Kier molecular flexibility index (Phi) is 11.8. The van der Waals surface area contributed by atoms with Gasteiger partial charge in [-0.25, -0.2) is 4.79 Å². The predicted molar refractivity (Wildman–Crippen MR) is 103 cm³/mol. The molecule has 11 heteroatoms. The van der Waals surface area contributed by atoms with Crippen LogP contribution in [0.3, 0.4) is 0 Å². The molecule has 9 nitrogen and oxygen atoms in total. The summed E-state index contributed by atoms with van der Waals surface area (Å²) in [6, 6.07) is 0.700. The van der Waals surface area contributed by atoms with Crippen molar-refractivity contribution in [3.8, 4) is 0 Å². The summed E-state index contributed by atoms with van der Waals surface area (Å²) in [6.07, 6.45) is 0. The van der Waals surface area contributed by atoms with Gasteiger partial charge in [0.1, 0.15) is 0 Å². The number of urea groups is 1. The van der Waals surface area contributed by atoms with Crippen LogP contribution in [0.5, 0.6) is 0 Å². The number of carbonyl (C=O) groups is 1. The smallest absolute Gasteiger partial charge is 0.377 e. The second-order valence-corrected chi connectivity index (χ2v) is 12.5. The molecule has 0 aromatic heterocycles. The Bertz CT molecular complexity index is 363. The van der Waals surface area contributed by atoms with Crippen LogP contribution < -0.4 is 5.73 Å². The van der Waals surface area contributed by atoms with Crippen molar-refractivity contribution in [2.75, 3.05) is 55.7 Å². The maximum absolute atomic E-state index is 11.9. The first-order valence-electron chi connectivity index (χ1n) is 8.52. The normalized spacial score (nSPS) is 14.9. The number of nitrogens with two attached hydrogens (primary N) is 1. The van der Waals surface area contributed by atoms with Gasteiger partial charge in [0, 0.05) is 67.8 Å². The molecule has 156 valence electrons. The molecule has 0 rings (SSSR count). The Morgan fingerprint density at radius 2 is 1.04 bits per heavy atom. The molecule has 2 unspecified atom stereocenters. The fraction of sp³-hybridized carbons (Fsp3) is 0.933. The molecule has 26 heavy (non-hydrogen) atoms. The van der Waals surface area contributed by atoms with E-state index in [2.05, 4.69) is 0 Å². The summed E-state index contributed by atoms with van der Waals surface area (Å²) in [5.74, 6) is 0.186. The first kappa shape index (κ1) is 25.5. The molecule has 0 heterocycles. The van der Waals surface area contributed by atoms with Gasteiger partial charge in [-0.2, -0.15) is 0 Å². The summed E-state index contributed by atoms with van der Waals surface area (Å²) in [5, 5.41) is 0. The van der Waals surface area contributed by atoms with Crippen molar-refractivity contribution in [2.24, 2.45) is 17.6 Å². The molecule has 0 radical (unpaired) electrons. The maximum atomic E-state index is 11.9. The van der Waals surface area contributed by atoms with Gasteiger partial charge < -0.3 is 37.2 Å². The summed E-state index contributed by atoms with van der Waals surface area (Å²) in [6.45, 7) is 4.98. The van der Waals surface area contributed by atoms with Gasteiger partial charge in [0.25, 0.3) is 0 Å². The third-order valence-electron chi connectivity index (χ3n) is 4.44. The van der Waals surface area contributed by atoms with E-state index in [1.807, 2.05) is 13.8 Å². The molecule has 0 aromatic rings. The summed E-state index contributed by atoms with van der Waals surface area (Å²) in [5.41, 5.74) is 5.58. The van der Waals surface area contributed by atoms with E-state index in [0.29, 0.717) is 25.2 Å². The molecule has 0 bridgehead atoms. The van der Waals surface area contributed by atoms with Crippen LogP contribution in [0.2, 0.25) is 12.1 Å². The van der Waals surface area contributed by atoms with Crippen molar-refractivity contribution in [3.63, 3.8) is 0 Å². The lowest BCUT2D eigenvalue weighted by Gasteiger charge is -2.32. The zero-order valence-corrected chi connectivity index (χ0v) is 19.4. The Hall–Kier alpha value is -0.536. The van der Waals surface area contributed by atoms with E-state index in [1.165, 1.54) is 0 Å². The average molecular weight is 413 g/mol. The molecular weight excluding hydrogens is 376 g/mol. The van der Waals surface area contributed by atoms with Crippen molar-refractivity contribution in [1.29, 1.82) is 0 Å². The van der Waals surface area contributed by atoms with Gasteiger partial charge in [0.05, 0.1) is 0 Å². The third-order valence-corrected chi connectivity index (χ3v) is 10.6. The molecule has 0 saturated heterocycles. The molecule has 0 saturated carbocycles. The Labute approximate surface area is 159 Å². The first-order chi connectivity index (χ1) is 12.2. The van der Waals surface area contributed by atoms with E-state index in [1.54, 1.807) is 47.6 Å². The highest BCUT2D eigenvalue weighted by molar-refractivity contribution is 6.61. The molecule has 0 spiro atoms. The average Bonchev–Trinajstić information content (AvgIpc) is 2.63. The number of primary amides is 1. The second kappa shape index (κ2) is 12.0.